The molecule has 1 aromatic rings. The molecule has 0 aromatic heterocycles. The van der Waals surface area contributed by atoms with E-state index in [0.717, 1.165) is 24.2 Å². The molecule has 5 nitrogen and oxygen atoms in total. The summed E-state index contributed by atoms with van der Waals surface area (Å²) in [4.78, 5) is 24.1. The van der Waals surface area contributed by atoms with E-state index >= 15 is 0 Å². The number of amides is 1. The van der Waals surface area contributed by atoms with Crippen LogP contribution in [0.1, 0.15) is 52.0 Å². The number of carbonyl (C=O) groups excluding carboxylic acids is 2. The molecule has 28 heavy (non-hydrogen) atoms. The van der Waals surface area contributed by atoms with E-state index in [1.807, 2.05) is 24.3 Å². The predicted octanol–water partition coefficient (Wildman–Crippen LogP) is 4.00. The Hall–Kier alpha value is -2.04. The molecule has 0 bridgehead atoms. The molecular weight excluding hydrogens is 354 g/mol. The minimum absolute atomic E-state index is 0.121. The van der Waals surface area contributed by atoms with Crippen LogP contribution >= 0.6 is 0 Å². The van der Waals surface area contributed by atoms with Crippen LogP contribution in [0, 0.1) is 23.7 Å². The van der Waals surface area contributed by atoms with Crippen molar-refractivity contribution in [3.05, 3.63) is 29.8 Å². The van der Waals surface area contributed by atoms with Crippen molar-refractivity contribution in [1.82, 2.24) is 5.32 Å². The van der Waals surface area contributed by atoms with Crippen LogP contribution in [0.4, 0.5) is 0 Å². The molecule has 1 aromatic carbocycles. The second-order valence-electron chi connectivity index (χ2n) is 8.26. The van der Waals surface area contributed by atoms with Gasteiger partial charge in [0.15, 0.2) is 0 Å². The summed E-state index contributed by atoms with van der Waals surface area (Å²) in [5.41, 5.74) is 1.03. The fourth-order valence-corrected chi connectivity index (χ4v) is 4.15. The van der Waals surface area contributed by atoms with Gasteiger partial charge in [-0.1, -0.05) is 45.4 Å². The lowest BCUT2D eigenvalue weighted by Gasteiger charge is -2.36. The molecule has 1 N–H and O–H groups in total. The van der Waals surface area contributed by atoms with Crippen LogP contribution in [0.3, 0.4) is 0 Å². The van der Waals surface area contributed by atoms with Gasteiger partial charge in [0.25, 0.3) is 0 Å². The van der Waals surface area contributed by atoms with Gasteiger partial charge in [-0.3, -0.25) is 9.59 Å². The van der Waals surface area contributed by atoms with Crippen LogP contribution in [0.5, 0.6) is 5.75 Å². The Bertz CT molecular complexity index is 643. The van der Waals surface area contributed by atoms with Crippen molar-refractivity contribution in [1.29, 1.82) is 0 Å². The molecule has 0 radical (unpaired) electrons. The molecule has 1 aliphatic rings. The number of nitrogens with one attached hydrogen (secondary N) is 1. The lowest BCUT2D eigenvalue weighted by molar-refractivity contribution is -0.141. The molecule has 156 valence electrons. The topological polar surface area (TPSA) is 64.6 Å². The summed E-state index contributed by atoms with van der Waals surface area (Å²) in [6.45, 7) is 7.57. The van der Waals surface area contributed by atoms with Gasteiger partial charge in [0.2, 0.25) is 5.91 Å². The number of carbonyl (C=O) groups is 2. The molecule has 1 saturated carbocycles. The number of hydrogen-bond donors (Lipinski definition) is 1. The molecule has 1 fully saturated rings. The maximum absolute atomic E-state index is 12.8. The van der Waals surface area contributed by atoms with Crippen LogP contribution in [0.25, 0.3) is 0 Å². The van der Waals surface area contributed by atoms with Gasteiger partial charge in [0, 0.05) is 12.5 Å². The van der Waals surface area contributed by atoms with Gasteiger partial charge in [0.1, 0.15) is 5.75 Å². The summed E-state index contributed by atoms with van der Waals surface area (Å²) >= 11 is 0. The van der Waals surface area contributed by atoms with Gasteiger partial charge in [0.05, 0.1) is 20.1 Å². The van der Waals surface area contributed by atoms with Crippen molar-refractivity contribution < 1.29 is 19.1 Å². The van der Waals surface area contributed by atoms with Crippen LogP contribution in [0.2, 0.25) is 0 Å². The van der Waals surface area contributed by atoms with E-state index in [2.05, 4.69) is 30.8 Å². The Labute approximate surface area is 169 Å². The quantitative estimate of drug-likeness (QED) is 0.649. The van der Waals surface area contributed by atoms with Gasteiger partial charge in [-0.05, 0) is 48.6 Å². The standard InChI is InChI=1S/C23H35NO4/c1-16(2)19-10-9-17(3)15-20(19)23(26)24-13-11-18-7-5-6-8-21(18)28-14-12-22(25)27-4/h5-8,16-17,19-20H,9-15H2,1-4H3,(H,24,26)/t17-,19+,20-/m1/s1. The highest BCUT2D eigenvalue weighted by Gasteiger charge is 2.35. The summed E-state index contributed by atoms with van der Waals surface area (Å²) in [5, 5.41) is 3.15. The van der Waals surface area contributed by atoms with Crippen LogP contribution in [0.15, 0.2) is 24.3 Å². The molecule has 2 rings (SSSR count). The first-order valence-corrected chi connectivity index (χ1v) is 10.5. The third kappa shape index (κ3) is 6.54. The summed E-state index contributed by atoms with van der Waals surface area (Å²) < 4.78 is 10.4. The maximum atomic E-state index is 12.8. The average molecular weight is 390 g/mol. The zero-order chi connectivity index (χ0) is 20.5. The summed E-state index contributed by atoms with van der Waals surface area (Å²) in [6, 6.07) is 7.76. The first-order chi connectivity index (χ1) is 13.4. The van der Waals surface area contributed by atoms with Crippen LogP contribution < -0.4 is 10.1 Å². The highest BCUT2D eigenvalue weighted by Crippen LogP contribution is 2.38. The number of benzene rings is 1. The molecule has 3 atom stereocenters. The number of methoxy groups -OCH3 is 1. The van der Waals surface area contributed by atoms with Crippen LogP contribution in [-0.2, 0) is 20.7 Å². The minimum atomic E-state index is -0.286. The molecule has 0 heterocycles. The molecular formula is C23H35NO4. The number of hydrogen-bond acceptors (Lipinski definition) is 4. The van der Waals surface area contributed by atoms with Gasteiger partial charge in [-0.2, -0.15) is 0 Å². The number of rotatable bonds is 9. The molecule has 1 aliphatic carbocycles. The first-order valence-electron chi connectivity index (χ1n) is 10.5. The van der Waals surface area contributed by atoms with Gasteiger partial charge < -0.3 is 14.8 Å². The van der Waals surface area contributed by atoms with E-state index in [4.69, 9.17) is 4.74 Å². The Morgan fingerprint density at radius 1 is 1.21 bits per heavy atom. The van der Waals surface area contributed by atoms with Crippen molar-refractivity contribution in [2.75, 3.05) is 20.3 Å². The molecule has 0 aliphatic heterocycles. The van der Waals surface area contributed by atoms with Gasteiger partial charge in [-0.25, -0.2) is 0 Å². The molecule has 0 saturated heterocycles. The molecule has 0 unspecified atom stereocenters. The summed E-state index contributed by atoms with van der Waals surface area (Å²) in [6.07, 6.45) is 4.28. The summed E-state index contributed by atoms with van der Waals surface area (Å²) in [5.74, 6) is 2.41. The van der Waals surface area contributed by atoms with Crippen molar-refractivity contribution in [3.63, 3.8) is 0 Å². The lowest BCUT2D eigenvalue weighted by Crippen LogP contribution is -2.40. The van der Waals surface area contributed by atoms with Crippen molar-refractivity contribution in [2.24, 2.45) is 23.7 Å². The number of ether oxygens (including phenoxy) is 2. The van der Waals surface area contributed by atoms with Crippen LogP contribution in [-0.4, -0.2) is 32.1 Å². The zero-order valence-electron chi connectivity index (χ0n) is 17.7. The average Bonchev–Trinajstić information content (AvgIpc) is 2.68. The monoisotopic (exact) mass is 389 g/mol. The predicted molar refractivity (Wildman–Crippen MR) is 110 cm³/mol. The second kappa shape index (κ2) is 11.1. The van der Waals surface area contributed by atoms with E-state index in [1.165, 1.54) is 13.5 Å². The molecule has 0 spiro atoms. The third-order valence-corrected chi connectivity index (χ3v) is 5.82. The Kier molecular flexibility index (Phi) is 8.81. The normalized spacial score (nSPS) is 22.0. The summed E-state index contributed by atoms with van der Waals surface area (Å²) in [7, 11) is 1.37. The highest BCUT2D eigenvalue weighted by molar-refractivity contribution is 5.79. The lowest BCUT2D eigenvalue weighted by atomic mass is 9.70. The molecule has 5 heteroatoms. The van der Waals surface area contributed by atoms with E-state index in [0.29, 0.717) is 30.7 Å². The third-order valence-electron chi connectivity index (χ3n) is 5.82. The first kappa shape index (κ1) is 22.3. The largest absolute Gasteiger partial charge is 0.493 e. The van der Waals surface area contributed by atoms with Gasteiger partial charge in [-0.15, -0.1) is 0 Å². The van der Waals surface area contributed by atoms with Crippen molar-refractivity contribution in [2.45, 2.75) is 52.9 Å². The van der Waals surface area contributed by atoms with E-state index < -0.39 is 0 Å². The SMILES string of the molecule is COC(=O)CCOc1ccccc1CCNC(=O)[C@@H]1C[C@H](C)CC[C@H]1C(C)C. The molecule has 1 amide bonds. The smallest absolute Gasteiger partial charge is 0.308 e. The van der Waals surface area contributed by atoms with E-state index in [9.17, 15) is 9.59 Å². The van der Waals surface area contributed by atoms with Crippen molar-refractivity contribution >= 4 is 11.9 Å². The Balaban J connectivity index is 1.86. The number of para-hydroxylation sites is 1. The van der Waals surface area contributed by atoms with Crippen molar-refractivity contribution in [3.8, 4) is 5.75 Å². The Morgan fingerprint density at radius 3 is 2.68 bits per heavy atom. The maximum Gasteiger partial charge on any atom is 0.308 e. The fourth-order valence-electron chi connectivity index (χ4n) is 4.15. The van der Waals surface area contributed by atoms with Gasteiger partial charge >= 0.3 is 5.97 Å². The van der Waals surface area contributed by atoms with E-state index in [1.54, 1.807) is 0 Å². The highest BCUT2D eigenvalue weighted by atomic mass is 16.5. The fraction of sp³-hybridized carbons (Fsp3) is 0.652. The number of esters is 1. The van der Waals surface area contributed by atoms with E-state index in [-0.39, 0.29) is 30.8 Å². The minimum Gasteiger partial charge on any atom is -0.493 e. The zero-order valence-corrected chi connectivity index (χ0v) is 17.7. The second-order valence-corrected chi connectivity index (χ2v) is 8.26. The Morgan fingerprint density at radius 2 is 1.96 bits per heavy atom.